The lowest BCUT2D eigenvalue weighted by atomic mass is 9.78. The van der Waals surface area contributed by atoms with Crippen molar-refractivity contribution in [1.29, 1.82) is 0 Å². The molecule has 0 amide bonds. The minimum Gasteiger partial charge on any atom is -0.265 e. The van der Waals surface area contributed by atoms with Gasteiger partial charge in [-0.15, -0.1) is 0 Å². The Bertz CT molecular complexity index is 541. The topological polar surface area (TPSA) is 12.9 Å². The molecule has 1 heterocycles. The van der Waals surface area contributed by atoms with Crippen LogP contribution in [0.2, 0.25) is 0 Å². The molecule has 0 bridgehead atoms. The highest BCUT2D eigenvalue weighted by atomic mass is 14.6. The first-order chi connectivity index (χ1) is 9.47. The smallest absolute Gasteiger partial charge is 0.0270 e. The monoisotopic (exact) mass is 267 g/mol. The quantitative estimate of drug-likeness (QED) is 0.758. The van der Waals surface area contributed by atoms with Gasteiger partial charge in [0.1, 0.15) is 0 Å². The summed E-state index contributed by atoms with van der Waals surface area (Å²) in [6.45, 7) is 9.19. The van der Waals surface area contributed by atoms with E-state index in [1.165, 1.54) is 16.7 Å². The average molecular weight is 267 g/mol. The lowest BCUT2D eigenvalue weighted by Gasteiger charge is -2.26. The molecule has 0 atom stereocenters. The molecule has 0 saturated heterocycles. The third kappa shape index (κ3) is 3.93. The molecule has 0 aliphatic carbocycles. The lowest BCUT2D eigenvalue weighted by molar-refractivity contribution is 0.520. The summed E-state index contributed by atoms with van der Waals surface area (Å²) in [7, 11) is 0. The van der Waals surface area contributed by atoms with Gasteiger partial charge in [-0.05, 0) is 53.0 Å². The summed E-state index contributed by atoms with van der Waals surface area (Å²) >= 11 is 0. The van der Waals surface area contributed by atoms with E-state index in [1.807, 2.05) is 12.4 Å². The summed E-state index contributed by atoms with van der Waals surface area (Å²) in [5, 5.41) is 0. The van der Waals surface area contributed by atoms with Gasteiger partial charge in [-0.1, -0.05) is 52.0 Å². The standard InChI is InChI=1S/C19H25N/c1-15(2)12-17-6-5-7-18(13-17)19(3,4)14-16-8-10-20-11-9-16/h5-11,13,15H,12,14H2,1-4H3. The number of benzene rings is 1. The van der Waals surface area contributed by atoms with Crippen LogP contribution in [0.1, 0.15) is 44.4 Å². The second-order valence-electron chi connectivity index (χ2n) is 6.71. The van der Waals surface area contributed by atoms with Crippen molar-refractivity contribution in [3.63, 3.8) is 0 Å². The normalized spacial score (nSPS) is 11.8. The lowest BCUT2D eigenvalue weighted by Crippen LogP contribution is -2.20. The third-order valence-corrected chi connectivity index (χ3v) is 3.75. The van der Waals surface area contributed by atoms with Crippen LogP contribution in [0.25, 0.3) is 0 Å². The third-order valence-electron chi connectivity index (χ3n) is 3.75. The summed E-state index contributed by atoms with van der Waals surface area (Å²) < 4.78 is 0. The minimum atomic E-state index is 0.147. The van der Waals surface area contributed by atoms with Gasteiger partial charge in [-0.25, -0.2) is 0 Å². The van der Waals surface area contributed by atoms with Gasteiger partial charge >= 0.3 is 0 Å². The van der Waals surface area contributed by atoms with Crippen molar-refractivity contribution in [1.82, 2.24) is 4.98 Å². The van der Waals surface area contributed by atoms with Crippen LogP contribution in [-0.2, 0) is 18.3 Å². The van der Waals surface area contributed by atoms with Gasteiger partial charge in [-0.3, -0.25) is 4.98 Å². The zero-order valence-corrected chi connectivity index (χ0v) is 13.1. The summed E-state index contributed by atoms with van der Waals surface area (Å²) in [5.41, 5.74) is 4.36. The van der Waals surface area contributed by atoms with Gasteiger partial charge in [0.15, 0.2) is 0 Å². The second kappa shape index (κ2) is 6.21. The largest absolute Gasteiger partial charge is 0.265 e. The Kier molecular flexibility index (Phi) is 4.59. The van der Waals surface area contributed by atoms with Crippen molar-refractivity contribution >= 4 is 0 Å². The number of hydrogen-bond acceptors (Lipinski definition) is 1. The Hall–Kier alpha value is -1.63. The van der Waals surface area contributed by atoms with Crippen molar-refractivity contribution in [2.75, 3.05) is 0 Å². The van der Waals surface area contributed by atoms with E-state index in [-0.39, 0.29) is 5.41 Å². The molecule has 0 N–H and O–H groups in total. The molecular weight excluding hydrogens is 242 g/mol. The van der Waals surface area contributed by atoms with Gasteiger partial charge < -0.3 is 0 Å². The SMILES string of the molecule is CC(C)Cc1cccc(C(C)(C)Cc2ccncc2)c1. The maximum atomic E-state index is 4.09. The van der Waals surface area contributed by atoms with Gasteiger partial charge in [0.25, 0.3) is 0 Å². The van der Waals surface area contributed by atoms with Crippen LogP contribution in [0, 0.1) is 5.92 Å². The number of rotatable bonds is 5. The molecule has 1 nitrogen and oxygen atoms in total. The molecule has 0 spiro atoms. The number of hydrogen-bond donors (Lipinski definition) is 0. The van der Waals surface area contributed by atoms with Crippen LogP contribution < -0.4 is 0 Å². The summed E-state index contributed by atoms with van der Waals surface area (Å²) in [6, 6.07) is 13.3. The second-order valence-corrected chi connectivity index (χ2v) is 6.71. The Labute approximate surface area is 123 Å². The maximum absolute atomic E-state index is 4.09. The van der Waals surface area contributed by atoms with Crippen molar-refractivity contribution < 1.29 is 0 Å². The van der Waals surface area contributed by atoms with E-state index >= 15 is 0 Å². The van der Waals surface area contributed by atoms with E-state index in [0.717, 1.165) is 12.8 Å². The van der Waals surface area contributed by atoms with E-state index in [2.05, 4.69) is 69.1 Å². The van der Waals surface area contributed by atoms with Gasteiger partial charge in [0.2, 0.25) is 0 Å². The Morgan fingerprint density at radius 1 is 1.00 bits per heavy atom. The zero-order chi connectivity index (χ0) is 14.6. The number of nitrogens with zero attached hydrogens (tertiary/aromatic N) is 1. The molecule has 0 aliphatic rings. The molecule has 0 unspecified atom stereocenters. The molecular formula is C19H25N. The van der Waals surface area contributed by atoms with E-state index in [1.54, 1.807) is 0 Å². The Morgan fingerprint density at radius 2 is 1.70 bits per heavy atom. The van der Waals surface area contributed by atoms with Crippen molar-refractivity contribution in [3.05, 3.63) is 65.5 Å². The number of aromatic nitrogens is 1. The molecule has 0 aliphatic heterocycles. The van der Waals surface area contributed by atoms with Gasteiger partial charge in [0.05, 0.1) is 0 Å². The molecule has 2 aromatic rings. The minimum absolute atomic E-state index is 0.147. The fourth-order valence-electron chi connectivity index (χ4n) is 2.70. The fraction of sp³-hybridized carbons (Fsp3) is 0.421. The van der Waals surface area contributed by atoms with Crippen molar-refractivity contribution in [2.45, 2.75) is 46.0 Å². The van der Waals surface area contributed by atoms with Crippen LogP contribution in [0.3, 0.4) is 0 Å². The highest BCUT2D eigenvalue weighted by Crippen LogP contribution is 2.28. The highest BCUT2D eigenvalue weighted by molar-refractivity contribution is 5.31. The molecule has 1 aromatic carbocycles. The Balaban J connectivity index is 2.20. The van der Waals surface area contributed by atoms with E-state index < -0.39 is 0 Å². The van der Waals surface area contributed by atoms with Crippen molar-refractivity contribution in [2.24, 2.45) is 5.92 Å². The van der Waals surface area contributed by atoms with Crippen LogP contribution in [0.5, 0.6) is 0 Å². The first-order valence-corrected chi connectivity index (χ1v) is 7.46. The van der Waals surface area contributed by atoms with E-state index in [0.29, 0.717) is 5.92 Å². The number of pyridine rings is 1. The molecule has 0 radical (unpaired) electrons. The first kappa shape index (κ1) is 14.8. The predicted molar refractivity (Wildman–Crippen MR) is 86.0 cm³/mol. The fourth-order valence-corrected chi connectivity index (χ4v) is 2.70. The summed E-state index contributed by atoms with van der Waals surface area (Å²) in [4.78, 5) is 4.09. The summed E-state index contributed by atoms with van der Waals surface area (Å²) in [6.07, 6.45) is 5.95. The molecule has 0 fully saturated rings. The molecule has 106 valence electrons. The van der Waals surface area contributed by atoms with Crippen LogP contribution >= 0.6 is 0 Å². The average Bonchev–Trinajstić information content (AvgIpc) is 2.39. The molecule has 1 aromatic heterocycles. The van der Waals surface area contributed by atoms with E-state index in [4.69, 9.17) is 0 Å². The maximum Gasteiger partial charge on any atom is 0.0270 e. The van der Waals surface area contributed by atoms with Crippen LogP contribution in [-0.4, -0.2) is 4.98 Å². The van der Waals surface area contributed by atoms with Crippen LogP contribution in [0.15, 0.2) is 48.8 Å². The molecule has 1 heteroatoms. The predicted octanol–water partition coefficient (Wildman–Crippen LogP) is 4.80. The van der Waals surface area contributed by atoms with Gasteiger partial charge in [0, 0.05) is 12.4 Å². The van der Waals surface area contributed by atoms with Crippen LogP contribution in [0.4, 0.5) is 0 Å². The van der Waals surface area contributed by atoms with E-state index in [9.17, 15) is 0 Å². The molecule has 20 heavy (non-hydrogen) atoms. The molecule has 2 rings (SSSR count). The van der Waals surface area contributed by atoms with Crippen molar-refractivity contribution in [3.8, 4) is 0 Å². The Morgan fingerprint density at radius 3 is 2.35 bits per heavy atom. The van der Waals surface area contributed by atoms with Gasteiger partial charge in [-0.2, -0.15) is 0 Å². The first-order valence-electron chi connectivity index (χ1n) is 7.46. The zero-order valence-electron chi connectivity index (χ0n) is 13.1. The molecule has 0 saturated carbocycles. The highest BCUT2D eigenvalue weighted by Gasteiger charge is 2.21. The summed E-state index contributed by atoms with van der Waals surface area (Å²) in [5.74, 6) is 0.702.